The first-order valence-corrected chi connectivity index (χ1v) is 6.25. The number of carboxylic acids is 1. The molecule has 102 valence electrons. The molecule has 2 aromatic heterocycles. The molecule has 0 fully saturated rings. The molecule has 0 aliphatic heterocycles. The van der Waals surface area contributed by atoms with E-state index in [4.69, 9.17) is 9.63 Å². The highest BCUT2D eigenvalue weighted by atomic mass is 16.5. The maximum Gasteiger partial charge on any atom is 0.374 e. The zero-order valence-corrected chi connectivity index (χ0v) is 11.5. The summed E-state index contributed by atoms with van der Waals surface area (Å²) in [4.78, 5) is 10.9. The quantitative estimate of drug-likeness (QED) is 0.776. The van der Waals surface area contributed by atoms with Gasteiger partial charge in [-0.2, -0.15) is 0 Å². The molecule has 3 aromatic rings. The maximum absolute atomic E-state index is 10.9. The molecular weight excluding hydrogens is 256 g/mol. The molecule has 0 spiro atoms. The number of hydrogen-bond donors (Lipinski definition) is 1. The van der Waals surface area contributed by atoms with Crippen LogP contribution in [-0.4, -0.2) is 20.8 Å². The predicted octanol–water partition coefficient (Wildman–Crippen LogP) is 3.15. The average Bonchev–Trinajstić information content (AvgIpc) is 2.96. The van der Waals surface area contributed by atoms with Gasteiger partial charge in [0.2, 0.25) is 5.76 Å². The Morgan fingerprint density at radius 2 is 2.05 bits per heavy atom. The van der Waals surface area contributed by atoms with Crippen LogP contribution in [0, 0.1) is 13.8 Å². The summed E-state index contributed by atoms with van der Waals surface area (Å²) in [6.45, 7) is 4.03. The zero-order chi connectivity index (χ0) is 14.4. The van der Waals surface area contributed by atoms with E-state index >= 15 is 0 Å². The molecule has 5 nitrogen and oxygen atoms in total. The number of aryl methyl sites for hydroxylation is 2. The monoisotopic (exact) mass is 270 g/mol. The van der Waals surface area contributed by atoms with E-state index in [2.05, 4.69) is 15.8 Å². The third-order valence-electron chi connectivity index (χ3n) is 3.63. The number of carbonyl (C=O) groups is 1. The number of aromatic carboxylic acids is 1. The lowest BCUT2D eigenvalue weighted by molar-refractivity contribution is 0.0652. The van der Waals surface area contributed by atoms with Crippen molar-refractivity contribution in [2.45, 2.75) is 13.8 Å². The Morgan fingerprint density at radius 1 is 1.30 bits per heavy atom. The number of rotatable bonds is 2. The van der Waals surface area contributed by atoms with Gasteiger partial charge in [0.05, 0.1) is 0 Å². The van der Waals surface area contributed by atoms with Crippen molar-refractivity contribution in [2.75, 3.05) is 0 Å². The summed E-state index contributed by atoms with van der Waals surface area (Å²) >= 11 is 0. The SMILES string of the molecule is Cc1ccc2c(-c3cc(C(=O)O)on3)c(C)n(C)c2c1. The Labute approximate surface area is 115 Å². The van der Waals surface area contributed by atoms with Gasteiger partial charge in [-0.3, -0.25) is 0 Å². The number of aromatic nitrogens is 2. The van der Waals surface area contributed by atoms with Crippen molar-refractivity contribution in [1.29, 1.82) is 0 Å². The normalized spacial score (nSPS) is 11.2. The summed E-state index contributed by atoms with van der Waals surface area (Å²) in [6.07, 6.45) is 0. The Morgan fingerprint density at radius 3 is 2.70 bits per heavy atom. The summed E-state index contributed by atoms with van der Waals surface area (Å²) in [7, 11) is 1.98. The summed E-state index contributed by atoms with van der Waals surface area (Å²) in [5, 5.41) is 13.9. The van der Waals surface area contributed by atoms with Crippen LogP contribution in [0.3, 0.4) is 0 Å². The first kappa shape index (κ1) is 12.5. The third-order valence-corrected chi connectivity index (χ3v) is 3.63. The van der Waals surface area contributed by atoms with Gasteiger partial charge in [0.25, 0.3) is 0 Å². The molecule has 0 saturated carbocycles. The average molecular weight is 270 g/mol. The van der Waals surface area contributed by atoms with Crippen LogP contribution >= 0.6 is 0 Å². The first-order valence-electron chi connectivity index (χ1n) is 6.25. The van der Waals surface area contributed by atoms with E-state index in [1.807, 2.05) is 33.0 Å². The first-order chi connectivity index (χ1) is 9.49. The molecule has 20 heavy (non-hydrogen) atoms. The topological polar surface area (TPSA) is 68.3 Å². The summed E-state index contributed by atoms with van der Waals surface area (Å²) in [6, 6.07) is 7.62. The van der Waals surface area contributed by atoms with Crippen LogP contribution in [0.5, 0.6) is 0 Å². The van der Waals surface area contributed by atoms with Crippen LogP contribution in [0.25, 0.3) is 22.2 Å². The minimum absolute atomic E-state index is 0.150. The molecule has 0 radical (unpaired) electrons. The molecule has 2 heterocycles. The van der Waals surface area contributed by atoms with Crippen LogP contribution < -0.4 is 0 Å². The second-order valence-corrected chi connectivity index (χ2v) is 4.92. The molecule has 0 atom stereocenters. The Bertz CT molecular complexity index is 827. The number of hydrogen-bond acceptors (Lipinski definition) is 3. The van der Waals surface area contributed by atoms with Gasteiger partial charge >= 0.3 is 5.97 Å². The second-order valence-electron chi connectivity index (χ2n) is 4.92. The number of nitrogens with zero attached hydrogens (tertiary/aromatic N) is 2. The zero-order valence-electron chi connectivity index (χ0n) is 11.5. The molecule has 0 amide bonds. The predicted molar refractivity (Wildman–Crippen MR) is 74.8 cm³/mol. The van der Waals surface area contributed by atoms with Gasteiger partial charge in [0.15, 0.2) is 0 Å². The largest absolute Gasteiger partial charge is 0.475 e. The van der Waals surface area contributed by atoms with Crippen molar-refractivity contribution in [3.8, 4) is 11.3 Å². The Kier molecular flexibility index (Phi) is 2.64. The molecule has 0 unspecified atom stereocenters. The highest BCUT2D eigenvalue weighted by Gasteiger charge is 2.19. The summed E-state index contributed by atoms with van der Waals surface area (Å²) in [5.41, 5.74) is 4.76. The van der Waals surface area contributed by atoms with Crippen molar-refractivity contribution < 1.29 is 14.4 Å². The van der Waals surface area contributed by atoms with Gasteiger partial charge in [0.1, 0.15) is 5.69 Å². The van der Waals surface area contributed by atoms with Crippen molar-refractivity contribution in [3.63, 3.8) is 0 Å². The molecule has 1 N–H and O–H groups in total. The molecule has 0 saturated heterocycles. The van der Waals surface area contributed by atoms with Gasteiger partial charge in [-0.25, -0.2) is 4.79 Å². The summed E-state index contributed by atoms with van der Waals surface area (Å²) < 4.78 is 6.93. The fraction of sp³-hybridized carbons (Fsp3) is 0.200. The van der Waals surface area contributed by atoms with Crippen molar-refractivity contribution in [3.05, 3.63) is 41.3 Å². The minimum atomic E-state index is -1.11. The lowest BCUT2D eigenvalue weighted by atomic mass is 10.1. The van der Waals surface area contributed by atoms with Gasteiger partial charge in [-0.1, -0.05) is 17.3 Å². The number of benzene rings is 1. The molecule has 5 heteroatoms. The number of carboxylic acid groups (broad SMARTS) is 1. The number of fused-ring (bicyclic) bond motifs is 1. The van der Waals surface area contributed by atoms with E-state index in [1.54, 1.807) is 0 Å². The van der Waals surface area contributed by atoms with Crippen molar-refractivity contribution in [1.82, 2.24) is 9.72 Å². The maximum atomic E-state index is 10.9. The minimum Gasteiger partial charge on any atom is -0.475 e. The molecule has 0 bridgehead atoms. The van der Waals surface area contributed by atoms with Crippen LogP contribution in [-0.2, 0) is 7.05 Å². The van der Waals surface area contributed by atoms with Crippen LogP contribution in [0.15, 0.2) is 28.8 Å². The molecule has 0 aliphatic rings. The molecule has 1 aromatic carbocycles. The smallest absolute Gasteiger partial charge is 0.374 e. The van der Waals surface area contributed by atoms with Gasteiger partial charge in [-0.05, 0) is 25.5 Å². The lowest BCUT2D eigenvalue weighted by Crippen LogP contribution is -1.92. The van der Waals surface area contributed by atoms with E-state index < -0.39 is 5.97 Å². The second kappa shape index (κ2) is 4.23. The Balaban J connectivity index is 2.30. The van der Waals surface area contributed by atoms with Crippen molar-refractivity contribution in [2.24, 2.45) is 7.05 Å². The van der Waals surface area contributed by atoms with Gasteiger partial charge in [-0.15, -0.1) is 0 Å². The van der Waals surface area contributed by atoms with E-state index in [-0.39, 0.29) is 5.76 Å². The standard InChI is InChI=1S/C15H14N2O3/c1-8-4-5-10-12(6-8)17(3)9(2)14(10)11-7-13(15(18)19)20-16-11/h4-7H,1-3H3,(H,18,19). The van der Waals surface area contributed by atoms with Crippen LogP contribution in [0.1, 0.15) is 21.8 Å². The van der Waals surface area contributed by atoms with Crippen LogP contribution in [0.4, 0.5) is 0 Å². The van der Waals surface area contributed by atoms with Crippen LogP contribution in [0.2, 0.25) is 0 Å². The van der Waals surface area contributed by atoms with Gasteiger partial charge in [0, 0.05) is 35.3 Å². The fourth-order valence-electron chi connectivity index (χ4n) is 2.49. The molecule has 3 rings (SSSR count). The van der Waals surface area contributed by atoms with E-state index in [9.17, 15) is 4.79 Å². The fourth-order valence-corrected chi connectivity index (χ4v) is 2.49. The Hall–Kier alpha value is -2.56. The summed E-state index contributed by atoms with van der Waals surface area (Å²) in [5.74, 6) is -1.26. The van der Waals surface area contributed by atoms with E-state index in [0.717, 1.165) is 22.2 Å². The van der Waals surface area contributed by atoms with Crippen molar-refractivity contribution >= 4 is 16.9 Å². The lowest BCUT2D eigenvalue weighted by Gasteiger charge is -1.98. The third kappa shape index (κ3) is 1.71. The van der Waals surface area contributed by atoms with Gasteiger partial charge < -0.3 is 14.2 Å². The highest BCUT2D eigenvalue weighted by molar-refractivity contribution is 5.98. The molecule has 0 aliphatic carbocycles. The molecular formula is C15H14N2O3. The van der Waals surface area contributed by atoms with E-state index in [0.29, 0.717) is 5.69 Å². The highest BCUT2D eigenvalue weighted by Crippen LogP contribution is 2.34. The van der Waals surface area contributed by atoms with E-state index in [1.165, 1.54) is 11.6 Å².